The van der Waals surface area contributed by atoms with Gasteiger partial charge in [0.05, 0.1) is 10.0 Å². The molecule has 0 saturated carbocycles. The SMILES string of the molecule is CCCC1CNCCC1c1ccc(Cl)c(Cl)c1. The van der Waals surface area contributed by atoms with Crippen LogP contribution in [-0.4, -0.2) is 13.1 Å². The van der Waals surface area contributed by atoms with Crippen molar-refractivity contribution < 1.29 is 0 Å². The van der Waals surface area contributed by atoms with Gasteiger partial charge in [0.1, 0.15) is 0 Å². The van der Waals surface area contributed by atoms with Gasteiger partial charge >= 0.3 is 0 Å². The van der Waals surface area contributed by atoms with Crippen LogP contribution in [0.25, 0.3) is 0 Å². The lowest BCUT2D eigenvalue weighted by atomic mass is 9.79. The summed E-state index contributed by atoms with van der Waals surface area (Å²) in [4.78, 5) is 0. The summed E-state index contributed by atoms with van der Waals surface area (Å²) in [5.74, 6) is 1.36. The molecule has 1 heterocycles. The molecule has 2 rings (SSSR count). The van der Waals surface area contributed by atoms with Crippen molar-refractivity contribution in [2.24, 2.45) is 5.92 Å². The highest BCUT2D eigenvalue weighted by Gasteiger charge is 2.25. The molecule has 17 heavy (non-hydrogen) atoms. The monoisotopic (exact) mass is 271 g/mol. The summed E-state index contributed by atoms with van der Waals surface area (Å²) in [6, 6.07) is 6.10. The molecule has 3 heteroatoms. The minimum atomic E-state index is 0.631. The second kappa shape index (κ2) is 6.08. The van der Waals surface area contributed by atoms with E-state index in [1.165, 1.54) is 24.8 Å². The Kier molecular flexibility index (Phi) is 4.72. The van der Waals surface area contributed by atoms with Crippen LogP contribution in [0.2, 0.25) is 10.0 Å². The molecule has 1 N–H and O–H groups in total. The van der Waals surface area contributed by atoms with E-state index >= 15 is 0 Å². The van der Waals surface area contributed by atoms with Crippen molar-refractivity contribution in [2.75, 3.05) is 13.1 Å². The third kappa shape index (κ3) is 3.15. The van der Waals surface area contributed by atoms with Crippen LogP contribution in [0, 0.1) is 5.92 Å². The van der Waals surface area contributed by atoms with Gasteiger partial charge in [0.2, 0.25) is 0 Å². The Labute approximate surface area is 114 Å². The van der Waals surface area contributed by atoms with Crippen molar-refractivity contribution in [3.63, 3.8) is 0 Å². The third-order valence-electron chi connectivity index (χ3n) is 3.64. The van der Waals surface area contributed by atoms with Crippen LogP contribution in [0.3, 0.4) is 0 Å². The fourth-order valence-corrected chi connectivity index (χ4v) is 3.09. The number of hydrogen-bond donors (Lipinski definition) is 1. The largest absolute Gasteiger partial charge is 0.316 e. The Bertz CT molecular complexity index is 376. The van der Waals surface area contributed by atoms with Crippen LogP contribution in [-0.2, 0) is 0 Å². The summed E-state index contributed by atoms with van der Waals surface area (Å²) in [7, 11) is 0. The summed E-state index contributed by atoms with van der Waals surface area (Å²) < 4.78 is 0. The van der Waals surface area contributed by atoms with Crippen LogP contribution in [0.1, 0.15) is 37.7 Å². The first kappa shape index (κ1) is 13.2. The molecule has 0 spiro atoms. The Morgan fingerprint density at radius 1 is 1.29 bits per heavy atom. The lowest BCUT2D eigenvalue weighted by Gasteiger charge is -2.32. The van der Waals surface area contributed by atoms with E-state index in [0.717, 1.165) is 19.0 Å². The van der Waals surface area contributed by atoms with Crippen molar-refractivity contribution in [2.45, 2.75) is 32.1 Å². The predicted octanol–water partition coefficient (Wildman–Crippen LogP) is 4.49. The van der Waals surface area contributed by atoms with Crippen LogP contribution in [0.5, 0.6) is 0 Å². The van der Waals surface area contributed by atoms with E-state index in [0.29, 0.717) is 16.0 Å². The standard InChI is InChI=1S/C14H19Cl2N/c1-2-3-11-9-17-7-6-12(11)10-4-5-13(15)14(16)8-10/h4-5,8,11-12,17H,2-3,6-7,9H2,1H3. The fraction of sp³-hybridized carbons (Fsp3) is 0.571. The van der Waals surface area contributed by atoms with E-state index in [4.69, 9.17) is 23.2 Å². The molecule has 1 aliphatic rings. The number of nitrogens with one attached hydrogen (secondary N) is 1. The molecule has 1 aromatic carbocycles. The quantitative estimate of drug-likeness (QED) is 0.855. The lowest BCUT2D eigenvalue weighted by Crippen LogP contribution is -2.35. The minimum Gasteiger partial charge on any atom is -0.316 e. The molecule has 1 aromatic rings. The van der Waals surface area contributed by atoms with Crippen LogP contribution < -0.4 is 5.32 Å². The van der Waals surface area contributed by atoms with Crippen molar-refractivity contribution in [1.82, 2.24) is 5.32 Å². The van der Waals surface area contributed by atoms with Gasteiger partial charge in [0.25, 0.3) is 0 Å². The van der Waals surface area contributed by atoms with Gasteiger partial charge in [-0.3, -0.25) is 0 Å². The maximum absolute atomic E-state index is 6.11. The van der Waals surface area contributed by atoms with Gasteiger partial charge in [-0.1, -0.05) is 42.6 Å². The van der Waals surface area contributed by atoms with Gasteiger partial charge in [0, 0.05) is 0 Å². The molecule has 0 radical (unpaired) electrons. The normalized spacial score (nSPS) is 24.9. The fourth-order valence-electron chi connectivity index (χ4n) is 2.78. The van der Waals surface area contributed by atoms with Crippen LogP contribution in [0.4, 0.5) is 0 Å². The predicted molar refractivity (Wildman–Crippen MR) is 75.1 cm³/mol. The zero-order valence-corrected chi connectivity index (χ0v) is 11.7. The zero-order valence-electron chi connectivity index (χ0n) is 10.2. The Balaban J connectivity index is 2.20. The highest BCUT2D eigenvalue weighted by Crippen LogP contribution is 2.35. The molecular weight excluding hydrogens is 253 g/mol. The number of rotatable bonds is 3. The van der Waals surface area contributed by atoms with E-state index < -0.39 is 0 Å². The maximum atomic E-state index is 6.11. The highest BCUT2D eigenvalue weighted by atomic mass is 35.5. The first-order valence-electron chi connectivity index (χ1n) is 6.38. The van der Waals surface area contributed by atoms with Gasteiger partial charge < -0.3 is 5.32 Å². The third-order valence-corrected chi connectivity index (χ3v) is 4.38. The Morgan fingerprint density at radius 2 is 2.12 bits per heavy atom. The first-order valence-corrected chi connectivity index (χ1v) is 7.13. The van der Waals surface area contributed by atoms with E-state index in [1.807, 2.05) is 12.1 Å². The molecule has 0 aliphatic carbocycles. The topological polar surface area (TPSA) is 12.0 Å². The second-order valence-corrected chi connectivity index (χ2v) is 5.64. The van der Waals surface area contributed by atoms with Gasteiger partial charge in [-0.05, 0) is 55.5 Å². The highest BCUT2D eigenvalue weighted by molar-refractivity contribution is 6.42. The Morgan fingerprint density at radius 3 is 2.82 bits per heavy atom. The molecule has 1 nitrogen and oxygen atoms in total. The first-order chi connectivity index (χ1) is 8.22. The van der Waals surface area contributed by atoms with Gasteiger partial charge in [-0.15, -0.1) is 0 Å². The second-order valence-electron chi connectivity index (χ2n) is 4.82. The summed E-state index contributed by atoms with van der Waals surface area (Å²) in [5.41, 5.74) is 1.35. The molecule has 0 amide bonds. The van der Waals surface area contributed by atoms with E-state index in [9.17, 15) is 0 Å². The average molecular weight is 272 g/mol. The smallest absolute Gasteiger partial charge is 0.0595 e. The molecule has 1 aliphatic heterocycles. The Hall–Kier alpha value is -0.240. The summed E-state index contributed by atoms with van der Waals surface area (Å²) >= 11 is 12.1. The maximum Gasteiger partial charge on any atom is 0.0595 e. The zero-order chi connectivity index (χ0) is 12.3. The van der Waals surface area contributed by atoms with Crippen molar-refractivity contribution in [3.05, 3.63) is 33.8 Å². The van der Waals surface area contributed by atoms with Gasteiger partial charge in [-0.2, -0.15) is 0 Å². The summed E-state index contributed by atoms with van der Waals surface area (Å²) in [6.07, 6.45) is 3.71. The van der Waals surface area contributed by atoms with E-state index in [2.05, 4.69) is 18.3 Å². The molecule has 2 atom stereocenters. The van der Waals surface area contributed by atoms with Crippen molar-refractivity contribution in [3.8, 4) is 0 Å². The molecule has 0 aromatic heterocycles. The van der Waals surface area contributed by atoms with Crippen molar-refractivity contribution >= 4 is 23.2 Å². The minimum absolute atomic E-state index is 0.631. The lowest BCUT2D eigenvalue weighted by molar-refractivity contribution is 0.307. The molecule has 2 unspecified atom stereocenters. The van der Waals surface area contributed by atoms with Gasteiger partial charge in [0.15, 0.2) is 0 Å². The number of hydrogen-bond acceptors (Lipinski definition) is 1. The number of piperidine rings is 1. The van der Waals surface area contributed by atoms with Gasteiger partial charge in [-0.25, -0.2) is 0 Å². The number of benzene rings is 1. The number of halogens is 2. The average Bonchev–Trinajstić information content (AvgIpc) is 2.34. The molecule has 94 valence electrons. The van der Waals surface area contributed by atoms with E-state index in [-0.39, 0.29) is 0 Å². The van der Waals surface area contributed by atoms with Crippen LogP contribution in [0.15, 0.2) is 18.2 Å². The molecule has 1 fully saturated rings. The van der Waals surface area contributed by atoms with E-state index in [1.54, 1.807) is 0 Å². The summed E-state index contributed by atoms with van der Waals surface area (Å²) in [5, 5.41) is 4.81. The van der Waals surface area contributed by atoms with Crippen LogP contribution >= 0.6 is 23.2 Å². The molecular formula is C14H19Cl2N. The summed E-state index contributed by atoms with van der Waals surface area (Å²) in [6.45, 7) is 4.48. The van der Waals surface area contributed by atoms with Crippen molar-refractivity contribution in [1.29, 1.82) is 0 Å². The molecule has 0 bridgehead atoms. The molecule has 1 saturated heterocycles.